The van der Waals surface area contributed by atoms with Crippen molar-refractivity contribution in [1.29, 1.82) is 0 Å². The molecular weight excluding hydrogens is 278 g/mol. The highest BCUT2D eigenvalue weighted by atomic mass is 16.5. The second-order valence-corrected chi connectivity index (χ2v) is 4.99. The van der Waals surface area contributed by atoms with Crippen LogP contribution in [0.25, 0.3) is 0 Å². The van der Waals surface area contributed by atoms with Gasteiger partial charge in [0.25, 0.3) is 0 Å². The Morgan fingerprint density at radius 1 is 1.09 bits per heavy atom. The zero-order valence-electron chi connectivity index (χ0n) is 14.0. The Morgan fingerprint density at radius 2 is 1.91 bits per heavy atom. The van der Waals surface area contributed by atoms with Crippen LogP contribution >= 0.6 is 0 Å². The van der Waals surface area contributed by atoms with E-state index >= 15 is 0 Å². The van der Waals surface area contributed by atoms with Gasteiger partial charge in [-0.3, -0.25) is 0 Å². The summed E-state index contributed by atoms with van der Waals surface area (Å²) < 4.78 is 10.4. The lowest BCUT2D eigenvalue weighted by Gasteiger charge is -2.12. The van der Waals surface area contributed by atoms with Gasteiger partial charge in [-0.1, -0.05) is 18.2 Å². The molecule has 1 aromatic rings. The average molecular weight is 307 g/mol. The fraction of sp³-hybridized carbons (Fsp3) is 0.588. The average Bonchev–Trinajstić information content (AvgIpc) is 2.56. The van der Waals surface area contributed by atoms with E-state index < -0.39 is 0 Å². The molecule has 0 saturated heterocycles. The molecule has 0 spiro atoms. The Labute approximate surface area is 134 Å². The van der Waals surface area contributed by atoms with Crippen LogP contribution in [0.3, 0.4) is 0 Å². The Hall–Kier alpha value is -1.75. The smallest absolute Gasteiger partial charge is 0.191 e. The number of nitrogens with zero attached hydrogens (tertiary/aromatic N) is 1. The minimum atomic E-state index is 0.600. The van der Waals surface area contributed by atoms with Crippen LogP contribution in [0.5, 0.6) is 5.75 Å². The minimum absolute atomic E-state index is 0.600. The number of aliphatic imine (C=N–C) groups is 1. The number of hydrogen-bond donors (Lipinski definition) is 2. The number of hydrogen-bond acceptors (Lipinski definition) is 3. The first-order valence-electron chi connectivity index (χ1n) is 7.94. The van der Waals surface area contributed by atoms with Gasteiger partial charge in [-0.25, -0.2) is 4.99 Å². The molecule has 22 heavy (non-hydrogen) atoms. The first-order valence-corrected chi connectivity index (χ1v) is 7.94. The van der Waals surface area contributed by atoms with E-state index in [9.17, 15) is 0 Å². The first kappa shape index (κ1) is 18.3. The van der Waals surface area contributed by atoms with Gasteiger partial charge in [-0.15, -0.1) is 0 Å². The van der Waals surface area contributed by atoms with Crippen molar-refractivity contribution in [2.24, 2.45) is 4.99 Å². The van der Waals surface area contributed by atoms with E-state index in [0.29, 0.717) is 6.54 Å². The first-order chi connectivity index (χ1) is 10.8. The minimum Gasteiger partial charge on any atom is -0.496 e. The molecule has 0 radical (unpaired) electrons. The highest BCUT2D eigenvalue weighted by Gasteiger charge is 2.02. The number of para-hydroxylation sites is 1. The van der Waals surface area contributed by atoms with Crippen molar-refractivity contribution >= 4 is 5.96 Å². The summed E-state index contributed by atoms with van der Waals surface area (Å²) in [4.78, 5) is 4.62. The van der Waals surface area contributed by atoms with Gasteiger partial charge in [-0.05, 0) is 32.3 Å². The zero-order valence-corrected chi connectivity index (χ0v) is 14.0. The van der Waals surface area contributed by atoms with Crippen molar-refractivity contribution < 1.29 is 9.47 Å². The molecule has 2 N–H and O–H groups in total. The van der Waals surface area contributed by atoms with Gasteiger partial charge in [0.1, 0.15) is 5.75 Å². The summed E-state index contributed by atoms with van der Waals surface area (Å²) in [5, 5.41) is 6.63. The molecule has 0 atom stereocenters. The summed E-state index contributed by atoms with van der Waals surface area (Å²) >= 11 is 0. The maximum absolute atomic E-state index is 5.35. The van der Waals surface area contributed by atoms with Crippen molar-refractivity contribution in [3.05, 3.63) is 29.8 Å². The lowest BCUT2D eigenvalue weighted by atomic mass is 10.2. The van der Waals surface area contributed by atoms with Crippen molar-refractivity contribution in [1.82, 2.24) is 10.6 Å². The Morgan fingerprint density at radius 3 is 2.64 bits per heavy atom. The Balaban J connectivity index is 2.44. The van der Waals surface area contributed by atoms with Crippen LogP contribution in [-0.2, 0) is 11.3 Å². The number of rotatable bonds is 10. The number of guanidine groups is 1. The van der Waals surface area contributed by atoms with Crippen LogP contribution in [0, 0.1) is 0 Å². The van der Waals surface area contributed by atoms with E-state index in [1.807, 2.05) is 24.3 Å². The van der Waals surface area contributed by atoms with Crippen molar-refractivity contribution in [2.75, 3.05) is 33.9 Å². The second kappa shape index (κ2) is 11.9. The molecule has 1 aromatic carbocycles. The van der Waals surface area contributed by atoms with Gasteiger partial charge >= 0.3 is 0 Å². The fourth-order valence-corrected chi connectivity index (χ4v) is 2.09. The summed E-state index contributed by atoms with van der Waals surface area (Å²) in [5.41, 5.74) is 1.09. The van der Waals surface area contributed by atoms with E-state index in [4.69, 9.17) is 9.47 Å². The van der Waals surface area contributed by atoms with E-state index in [1.54, 1.807) is 14.2 Å². The number of unbranched alkanes of at least 4 members (excludes halogenated alkanes) is 2. The molecule has 5 nitrogen and oxygen atoms in total. The molecule has 0 bridgehead atoms. The molecule has 0 aliphatic heterocycles. The molecule has 0 aliphatic carbocycles. The molecule has 0 fully saturated rings. The number of ether oxygens (including phenoxy) is 2. The lowest BCUT2D eigenvalue weighted by molar-refractivity contribution is 0.192. The van der Waals surface area contributed by atoms with Crippen LogP contribution < -0.4 is 15.4 Å². The molecule has 0 aromatic heterocycles. The number of methoxy groups -OCH3 is 2. The summed E-state index contributed by atoms with van der Waals surface area (Å²) in [6, 6.07) is 7.97. The fourth-order valence-electron chi connectivity index (χ4n) is 2.09. The zero-order chi connectivity index (χ0) is 16.0. The van der Waals surface area contributed by atoms with Gasteiger partial charge in [0.2, 0.25) is 0 Å². The molecular formula is C17H29N3O2. The van der Waals surface area contributed by atoms with E-state index in [-0.39, 0.29) is 0 Å². The van der Waals surface area contributed by atoms with E-state index in [0.717, 1.165) is 56.2 Å². The van der Waals surface area contributed by atoms with Crippen LogP contribution in [0.1, 0.15) is 31.7 Å². The molecule has 124 valence electrons. The van der Waals surface area contributed by atoms with Crippen LogP contribution in [-0.4, -0.2) is 39.9 Å². The highest BCUT2D eigenvalue weighted by molar-refractivity contribution is 5.79. The Kier molecular flexibility index (Phi) is 9.87. The standard InChI is InChI=1S/C17H29N3O2/c1-4-18-17(19-12-8-5-9-13-21-2)20-14-15-10-6-7-11-16(15)22-3/h6-7,10-11H,4-5,8-9,12-14H2,1-3H3,(H2,18,19,20). The molecule has 0 saturated carbocycles. The molecule has 0 aliphatic rings. The number of benzene rings is 1. The molecule has 5 heteroatoms. The highest BCUT2D eigenvalue weighted by Crippen LogP contribution is 2.17. The summed E-state index contributed by atoms with van der Waals surface area (Å²) in [5.74, 6) is 1.72. The van der Waals surface area contributed by atoms with Gasteiger partial charge < -0.3 is 20.1 Å². The topological polar surface area (TPSA) is 54.9 Å². The quantitative estimate of drug-likeness (QED) is 0.396. The predicted molar refractivity (Wildman–Crippen MR) is 91.5 cm³/mol. The van der Waals surface area contributed by atoms with Crippen LogP contribution in [0.2, 0.25) is 0 Å². The molecule has 0 heterocycles. The third kappa shape index (κ3) is 7.31. The van der Waals surface area contributed by atoms with Crippen LogP contribution in [0.15, 0.2) is 29.3 Å². The summed E-state index contributed by atoms with van der Waals surface area (Å²) in [7, 11) is 3.43. The van der Waals surface area contributed by atoms with Crippen molar-refractivity contribution in [3.8, 4) is 5.75 Å². The van der Waals surface area contributed by atoms with E-state index in [2.05, 4.69) is 22.5 Å². The summed E-state index contributed by atoms with van der Waals surface area (Å²) in [6.45, 7) is 5.27. The third-order valence-corrected chi connectivity index (χ3v) is 3.26. The largest absolute Gasteiger partial charge is 0.496 e. The van der Waals surface area contributed by atoms with Gasteiger partial charge in [0.15, 0.2) is 5.96 Å². The van der Waals surface area contributed by atoms with Gasteiger partial charge in [-0.2, -0.15) is 0 Å². The SMILES string of the molecule is CCNC(=NCc1ccccc1OC)NCCCCCOC. The molecule has 0 amide bonds. The van der Waals surface area contributed by atoms with Crippen LogP contribution in [0.4, 0.5) is 0 Å². The summed E-state index contributed by atoms with van der Waals surface area (Å²) in [6.07, 6.45) is 3.38. The van der Waals surface area contributed by atoms with Gasteiger partial charge in [0.05, 0.1) is 13.7 Å². The maximum Gasteiger partial charge on any atom is 0.191 e. The Bertz CT molecular complexity index is 436. The second-order valence-electron chi connectivity index (χ2n) is 4.99. The monoisotopic (exact) mass is 307 g/mol. The predicted octanol–water partition coefficient (Wildman–Crippen LogP) is 2.57. The van der Waals surface area contributed by atoms with Gasteiger partial charge in [0, 0.05) is 32.4 Å². The third-order valence-electron chi connectivity index (χ3n) is 3.26. The molecule has 1 rings (SSSR count). The van der Waals surface area contributed by atoms with E-state index in [1.165, 1.54) is 0 Å². The molecule has 0 unspecified atom stereocenters. The normalized spacial score (nSPS) is 11.3. The lowest BCUT2D eigenvalue weighted by Crippen LogP contribution is -2.37. The maximum atomic E-state index is 5.35. The van der Waals surface area contributed by atoms with Crippen molar-refractivity contribution in [2.45, 2.75) is 32.7 Å². The van der Waals surface area contributed by atoms with Crippen molar-refractivity contribution in [3.63, 3.8) is 0 Å². The number of nitrogens with one attached hydrogen (secondary N) is 2.